The Hall–Kier alpha value is -1.10. The summed E-state index contributed by atoms with van der Waals surface area (Å²) in [5, 5.41) is 0. The lowest BCUT2D eigenvalue weighted by Crippen LogP contribution is -2.35. The van der Waals surface area contributed by atoms with Gasteiger partial charge in [-0.25, -0.2) is 0 Å². The summed E-state index contributed by atoms with van der Waals surface area (Å²) in [5.41, 5.74) is -0.416. The second-order valence-corrected chi connectivity index (χ2v) is 6.27. The quantitative estimate of drug-likeness (QED) is 0.737. The molecule has 0 bridgehead atoms. The molecule has 116 valence electrons. The summed E-state index contributed by atoms with van der Waals surface area (Å²) in [6, 6.07) is 0. The van der Waals surface area contributed by atoms with Crippen molar-refractivity contribution in [3.05, 3.63) is 0 Å². The zero-order chi connectivity index (χ0) is 15.2. The number of amides is 1. The zero-order valence-electron chi connectivity index (χ0n) is 13.3. The highest BCUT2D eigenvalue weighted by molar-refractivity contribution is 5.75. The fourth-order valence-corrected chi connectivity index (χ4v) is 2.31. The number of carbonyl (C=O) groups excluding carboxylic acids is 2. The van der Waals surface area contributed by atoms with E-state index in [1.807, 2.05) is 32.6 Å². The van der Waals surface area contributed by atoms with E-state index in [1.165, 1.54) is 0 Å². The highest BCUT2D eigenvalue weighted by Gasteiger charge is 2.20. The zero-order valence-corrected chi connectivity index (χ0v) is 13.3. The van der Waals surface area contributed by atoms with Crippen LogP contribution in [0.15, 0.2) is 0 Å². The van der Waals surface area contributed by atoms with Gasteiger partial charge in [-0.15, -0.1) is 0 Å². The summed E-state index contributed by atoms with van der Waals surface area (Å²) in [5.74, 6) is 0.0715. The fraction of sp³-hybridized carbons (Fsp3) is 0.867. The first-order valence-corrected chi connectivity index (χ1v) is 7.54. The minimum absolute atomic E-state index is 0.150. The van der Waals surface area contributed by atoms with Crippen LogP contribution in [0.4, 0.5) is 0 Å². The average molecular weight is 284 g/mol. The van der Waals surface area contributed by atoms with E-state index in [9.17, 15) is 9.59 Å². The number of nitrogens with zero attached hydrogens (tertiary/aromatic N) is 2. The molecule has 1 amide bonds. The minimum atomic E-state index is -0.416. The highest BCUT2D eigenvalue weighted by Crippen LogP contribution is 2.10. The molecule has 5 heteroatoms. The molecule has 1 aliphatic heterocycles. The number of hydrogen-bond acceptors (Lipinski definition) is 4. The summed E-state index contributed by atoms with van der Waals surface area (Å²) in [6.45, 7) is 11.6. The third-order valence-electron chi connectivity index (χ3n) is 3.30. The second kappa shape index (κ2) is 7.62. The van der Waals surface area contributed by atoms with Crippen LogP contribution in [-0.4, -0.2) is 60.0 Å². The van der Waals surface area contributed by atoms with Crippen LogP contribution in [0, 0.1) is 0 Å². The van der Waals surface area contributed by atoms with E-state index in [2.05, 4.69) is 4.90 Å². The first kappa shape index (κ1) is 17.0. The lowest BCUT2D eigenvalue weighted by molar-refractivity contribution is -0.155. The maximum absolute atomic E-state index is 11.7. The molecule has 0 aliphatic carbocycles. The first-order chi connectivity index (χ1) is 9.31. The van der Waals surface area contributed by atoms with Gasteiger partial charge in [-0.2, -0.15) is 0 Å². The SMILES string of the molecule is CCC(=O)N1CCCN(CCC(=O)OC(C)(C)C)CC1. The normalized spacial score (nSPS) is 17.7. The first-order valence-electron chi connectivity index (χ1n) is 7.54. The Bertz CT molecular complexity index is 337. The van der Waals surface area contributed by atoms with Gasteiger partial charge in [-0.3, -0.25) is 9.59 Å². The summed E-state index contributed by atoms with van der Waals surface area (Å²) in [4.78, 5) is 27.5. The van der Waals surface area contributed by atoms with Gasteiger partial charge in [0.15, 0.2) is 0 Å². The van der Waals surface area contributed by atoms with Crippen LogP contribution in [0.25, 0.3) is 0 Å². The van der Waals surface area contributed by atoms with Gasteiger partial charge in [0.25, 0.3) is 0 Å². The smallest absolute Gasteiger partial charge is 0.307 e. The Kier molecular flexibility index (Phi) is 6.46. The molecule has 0 unspecified atom stereocenters. The fourth-order valence-electron chi connectivity index (χ4n) is 2.31. The number of esters is 1. The summed E-state index contributed by atoms with van der Waals surface area (Å²) in [6.07, 6.45) is 1.96. The van der Waals surface area contributed by atoms with Crippen molar-refractivity contribution in [1.82, 2.24) is 9.80 Å². The molecule has 1 aliphatic rings. The molecule has 0 N–H and O–H groups in total. The Morgan fingerprint density at radius 3 is 2.40 bits per heavy atom. The van der Waals surface area contributed by atoms with Crippen LogP contribution < -0.4 is 0 Å². The monoisotopic (exact) mass is 284 g/mol. The third kappa shape index (κ3) is 6.37. The maximum atomic E-state index is 11.7. The van der Waals surface area contributed by atoms with Gasteiger partial charge >= 0.3 is 5.97 Å². The number of carbonyl (C=O) groups is 2. The minimum Gasteiger partial charge on any atom is -0.460 e. The molecule has 0 saturated carbocycles. The second-order valence-electron chi connectivity index (χ2n) is 6.27. The van der Waals surface area contributed by atoms with Gasteiger partial charge in [-0.05, 0) is 33.7 Å². The summed E-state index contributed by atoms with van der Waals surface area (Å²) >= 11 is 0. The van der Waals surface area contributed by atoms with Crippen LogP contribution in [0.1, 0.15) is 47.0 Å². The molecule has 1 heterocycles. The summed E-state index contributed by atoms with van der Waals surface area (Å²) in [7, 11) is 0. The highest BCUT2D eigenvalue weighted by atomic mass is 16.6. The molecule has 0 radical (unpaired) electrons. The molecule has 5 nitrogen and oxygen atoms in total. The van der Waals surface area contributed by atoms with Crippen LogP contribution in [-0.2, 0) is 14.3 Å². The van der Waals surface area contributed by atoms with Crippen molar-refractivity contribution in [3.8, 4) is 0 Å². The van der Waals surface area contributed by atoms with Crippen molar-refractivity contribution >= 4 is 11.9 Å². The van der Waals surface area contributed by atoms with Crippen molar-refractivity contribution in [2.75, 3.05) is 32.7 Å². The lowest BCUT2D eigenvalue weighted by Gasteiger charge is -2.23. The van der Waals surface area contributed by atoms with Gasteiger partial charge in [0, 0.05) is 32.6 Å². The van der Waals surface area contributed by atoms with E-state index in [-0.39, 0.29) is 11.9 Å². The Morgan fingerprint density at radius 2 is 1.80 bits per heavy atom. The Balaban J connectivity index is 2.32. The van der Waals surface area contributed by atoms with Crippen LogP contribution in [0.2, 0.25) is 0 Å². The molecular weight excluding hydrogens is 256 g/mol. The molecule has 0 atom stereocenters. The van der Waals surface area contributed by atoms with Crippen molar-refractivity contribution in [2.45, 2.75) is 52.6 Å². The lowest BCUT2D eigenvalue weighted by atomic mass is 10.2. The van der Waals surface area contributed by atoms with E-state index >= 15 is 0 Å². The molecule has 1 rings (SSSR count). The van der Waals surface area contributed by atoms with E-state index in [4.69, 9.17) is 4.74 Å². The van der Waals surface area contributed by atoms with Gasteiger partial charge < -0.3 is 14.5 Å². The molecule has 0 aromatic rings. The van der Waals surface area contributed by atoms with E-state index in [1.54, 1.807) is 0 Å². The van der Waals surface area contributed by atoms with E-state index in [0.29, 0.717) is 19.4 Å². The molecule has 0 spiro atoms. The molecular formula is C15H28N2O3. The van der Waals surface area contributed by atoms with Crippen molar-refractivity contribution in [2.24, 2.45) is 0 Å². The standard InChI is InChI=1S/C15H28N2O3/c1-5-13(18)17-9-6-8-16(11-12-17)10-7-14(19)20-15(2,3)4/h5-12H2,1-4H3. The van der Waals surface area contributed by atoms with Gasteiger partial charge in [-0.1, -0.05) is 6.92 Å². The van der Waals surface area contributed by atoms with E-state index in [0.717, 1.165) is 32.6 Å². The molecule has 1 fully saturated rings. The van der Waals surface area contributed by atoms with Crippen LogP contribution >= 0.6 is 0 Å². The third-order valence-corrected chi connectivity index (χ3v) is 3.30. The predicted molar refractivity (Wildman–Crippen MR) is 78.4 cm³/mol. The van der Waals surface area contributed by atoms with E-state index < -0.39 is 5.60 Å². The molecule has 0 aromatic carbocycles. The van der Waals surface area contributed by atoms with Crippen LogP contribution in [0.5, 0.6) is 0 Å². The van der Waals surface area contributed by atoms with Gasteiger partial charge in [0.2, 0.25) is 5.91 Å². The molecule has 1 saturated heterocycles. The molecule has 20 heavy (non-hydrogen) atoms. The van der Waals surface area contributed by atoms with Crippen molar-refractivity contribution in [1.29, 1.82) is 0 Å². The number of ether oxygens (including phenoxy) is 1. The summed E-state index contributed by atoms with van der Waals surface area (Å²) < 4.78 is 5.31. The number of rotatable bonds is 4. The Morgan fingerprint density at radius 1 is 1.10 bits per heavy atom. The maximum Gasteiger partial charge on any atom is 0.307 e. The van der Waals surface area contributed by atoms with Gasteiger partial charge in [0.05, 0.1) is 6.42 Å². The van der Waals surface area contributed by atoms with Crippen LogP contribution in [0.3, 0.4) is 0 Å². The topological polar surface area (TPSA) is 49.9 Å². The van der Waals surface area contributed by atoms with Crippen molar-refractivity contribution in [3.63, 3.8) is 0 Å². The molecule has 0 aromatic heterocycles. The van der Waals surface area contributed by atoms with Gasteiger partial charge in [0.1, 0.15) is 5.60 Å². The predicted octanol–water partition coefficient (Wildman–Crippen LogP) is 1.66. The number of hydrogen-bond donors (Lipinski definition) is 0. The average Bonchev–Trinajstić information content (AvgIpc) is 2.59. The van der Waals surface area contributed by atoms with Crippen molar-refractivity contribution < 1.29 is 14.3 Å². The Labute approximate surface area is 122 Å². The largest absolute Gasteiger partial charge is 0.460 e.